The first-order chi connectivity index (χ1) is 34.2. The summed E-state index contributed by atoms with van der Waals surface area (Å²) in [6.07, 6.45) is 1.95. The zero-order chi connectivity index (χ0) is 52.2. The Morgan fingerprint density at radius 3 is 1.47 bits per heavy atom. The molecule has 3 aromatic heterocycles. The summed E-state index contributed by atoms with van der Waals surface area (Å²) in [7, 11) is 0. The van der Waals surface area contributed by atoms with Crippen LogP contribution in [0.5, 0.6) is 5.75 Å². The van der Waals surface area contributed by atoms with E-state index in [1.807, 2.05) is 24.4 Å². The summed E-state index contributed by atoms with van der Waals surface area (Å²) in [5.41, 5.74) is 19.3. The van der Waals surface area contributed by atoms with E-state index in [2.05, 4.69) is 240 Å². The van der Waals surface area contributed by atoms with Crippen LogP contribution in [0.3, 0.4) is 0 Å². The van der Waals surface area contributed by atoms with Crippen LogP contribution in [-0.4, -0.2) is 24.2 Å². The normalized spacial score (nSPS) is 12.9. The van der Waals surface area contributed by atoms with Crippen LogP contribution in [0.4, 0.5) is 0 Å². The van der Waals surface area contributed by atoms with Crippen molar-refractivity contribution in [1.29, 1.82) is 0 Å². The molecule has 0 aliphatic heterocycles. The van der Waals surface area contributed by atoms with E-state index in [9.17, 15) is 5.11 Å². The minimum atomic E-state index is -0.164. The molecule has 5 nitrogen and oxygen atoms in total. The van der Waals surface area contributed by atoms with Crippen molar-refractivity contribution < 1.29 is 5.11 Å². The van der Waals surface area contributed by atoms with Crippen LogP contribution in [0.2, 0.25) is 0 Å². The molecule has 0 spiro atoms. The van der Waals surface area contributed by atoms with E-state index in [1.165, 1.54) is 55.3 Å². The van der Waals surface area contributed by atoms with Gasteiger partial charge in [-0.05, 0) is 150 Å². The van der Waals surface area contributed by atoms with Crippen LogP contribution in [0.25, 0.3) is 89.1 Å². The van der Waals surface area contributed by atoms with E-state index >= 15 is 0 Å². The first kappa shape index (κ1) is 49.3. The number of pyridine rings is 1. The lowest BCUT2D eigenvalue weighted by atomic mass is 9.80. The van der Waals surface area contributed by atoms with Crippen LogP contribution >= 0.6 is 0 Å². The van der Waals surface area contributed by atoms with Gasteiger partial charge in [0.25, 0.3) is 0 Å². The average molecular weight is 961 g/mol. The minimum absolute atomic E-state index is 0.0180. The van der Waals surface area contributed by atoms with E-state index in [0.717, 1.165) is 50.2 Å². The second kappa shape index (κ2) is 17.5. The second-order valence-corrected chi connectivity index (χ2v) is 25.6. The van der Waals surface area contributed by atoms with Gasteiger partial charge in [0.1, 0.15) is 11.6 Å². The standard InChI is InChI=1S/C68H72N4O/c1-64(2,3)46-32-44(53-23-20-25-59-62(53)70-63(56-22-17-19-26-61(56)73)72(59)52-40-49(67(10,11)12)37-50(41-52)68(13,14)15)31-45(33-46)57-34-43(29-30-69-57)42-27-28-55-54-21-16-18-24-58(54)71(60(55)35-42)51-38-47(65(4,5)6)36-48(39-51)66(7,8)9/h16-41,73H,1-15H3. The third-order valence-corrected chi connectivity index (χ3v) is 14.8. The molecule has 0 amide bonds. The summed E-state index contributed by atoms with van der Waals surface area (Å²) in [6.45, 7) is 34.3. The summed E-state index contributed by atoms with van der Waals surface area (Å²) in [5.74, 6) is 0.886. The molecular formula is C68H72N4O. The number of fused-ring (bicyclic) bond motifs is 4. The number of rotatable bonds is 6. The van der Waals surface area contributed by atoms with E-state index in [1.54, 1.807) is 6.07 Å². The van der Waals surface area contributed by atoms with Gasteiger partial charge in [0.2, 0.25) is 0 Å². The molecule has 0 fully saturated rings. The fourth-order valence-electron chi connectivity index (χ4n) is 10.2. The largest absolute Gasteiger partial charge is 0.507 e. The van der Waals surface area contributed by atoms with Crippen molar-refractivity contribution in [1.82, 2.24) is 19.1 Å². The van der Waals surface area contributed by atoms with Gasteiger partial charge < -0.3 is 9.67 Å². The van der Waals surface area contributed by atoms with Gasteiger partial charge in [-0.25, -0.2) is 4.98 Å². The summed E-state index contributed by atoms with van der Waals surface area (Å²) in [6, 6.07) is 55.2. The van der Waals surface area contributed by atoms with Crippen LogP contribution < -0.4 is 0 Å². The highest BCUT2D eigenvalue weighted by molar-refractivity contribution is 6.10. The van der Waals surface area contributed by atoms with E-state index in [-0.39, 0.29) is 32.8 Å². The summed E-state index contributed by atoms with van der Waals surface area (Å²) in [5, 5.41) is 13.9. The van der Waals surface area contributed by atoms with Crippen LogP contribution in [0.15, 0.2) is 158 Å². The third-order valence-electron chi connectivity index (χ3n) is 14.8. The number of aromatic hydroxyl groups is 1. The number of hydrogen-bond acceptors (Lipinski definition) is 3. The molecule has 0 atom stereocenters. The zero-order valence-corrected chi connectivity index (χ0v) is 45.7. The quantitative estimate of drug-likeness (QED) is 0.181. The fourth-order valence-corrected chi connectivity index (χ4v) is 10.2. The van der Waals surface area contributed by atoms with Crippen molar-refractivity contribution in [2.45, 2.75) is 131 Å². The lowest BCUT2D eigenvalue weighted by molar-refractivity contribution is 0.477. The van der Waals surface area contributed by atoms with Gasteiger partial charge in [-0.15, -0.1) is 0 Å². The molecule has 7 aromatic carbocycles. The smallest absolute Gasteiger partial charge is 0.149 e. The molecule has 10 aromatic rings. The lowest BCUT2D eigenvalue weighted by Crippen LogP contribution is -2.17. The number of nitrogens with zero attached hydrogens (tertiary/aromatic N) is 4. The fraction of sp³-hybridized carbons (Fsp3) is 0.294. The van der Waals surface area contributed by atoms with Gasteiger partial charge in [-0.1, -0.05) is 177 Å². The second-order valence-electron chi connectivity index (χ2n) is 25.6. The number of hydrogen-bond donors (Lipinski definition) is 1. The molecular weight excluding hydrogens is 889 g/mol. The Kier molecular flexibility index (Phi) is 11.8. The Morgan fingerprint density at radius 1 is 0.370 bits per heavy atom. The van der Waals surface area contributed by atoms with E-state index in [4.69, 9.17) is 9.97 Å². The third kappa shape index (κ3) is 9.28. The molecule has 0 bridgehead atoms. The van der Waals surface area contributed by atoms with E-state index in [0.29, 0.717) is 11.4 Å². The number of imidazole rings is 1. The molecule has 5 heteroatoms. The Hall–Kier alpha value is -7.24. The van der Waals surface area contributed by atoms with Crippen LogP contribution in [0.1, 0.15) is 132 Å². The predicted molar refractivity (Wildman–Crippen MR) is 310 cm³/mol. The monoisotopic (exact) mass is 961 g/mol. The van der Waals surface area contributed by atoms with Gasteiger partial charge >= 0.3 is 0 Å². The maximum atomic E-state index is 11.5. The lowest BCUT2D eigenvalue weighted by Gasteiger charge is -2.27. The molecule has 0 saturated carbocycles. The first-order valence-electron chi connectivity index (χ1n) is 26.0. The molecule has 0 radical (unpaired) electrons. The van der Waals surface area contributed by atoms with E-state index < -0.39 is 0 Å². The van der Waals surface area contributed by atoms with Crippen molar-refractivity contribution >= 4 is 32.8 Å². The maximum Gasteiger partial charge on any atom is 0.149 e. The molecule has 0 aliphatic carbocycles. The molecule has 1 N–H and O–H groups in total. The predicted octanol–water partition coefficient (Wildman–Crippen LogP) is 18.4. The highest BCUT2D eigenvalue weighted by atomic mass is 16.3. The Bertz CT molecular complexity index is 3700. The Balaban J connectivity index is 1.15. The van der Waals surface area contributed by atoms with Crippen LogP contribution in [0, 0.1) is 0 Å². The topological polar surface area (TPSA) is 55.9 Å². The van der Waals surface area contributed by atoms with Gasteiger partial charge in [-0.2, -0.15) is 0 Å². The number of phenols is 1. The summed E-state index contributed by atoms with van der Waals surface area (Å²) in [4.78, 5) is 10.6. The number of phenolic OH excluding ortho intramolecular Hbond substituents is 1. The average Bonchev–Trinajstić information content (AvgIpc) is 3.88. The molecule has 370 valence electrons. The number of para-hydroxylation sites is 3. The molecule has 73 heavy (non-hydrogen) atoms. The van der Waals surface area contributed by atoms with Crippen molar-refractivity contribution in [2.75, 3.05) is 0 Å². The number of benzene rings is 7. The Labute approximate surface area is 433 Å². The highest BCUT2D eigenvalue weighted by Crippen LogP contribution is 2.43. The molecule has 3 heterocycles. The number of aromatic nitrogens is 4. The molecule has 0 unspecified atom stereocenters. The SMILES string of the molecule is CC(C)(C)c1cc(-c2cc(-c3ccc4c5ccccc5n(-c5cc(C(C)(C)C)cc(C(C)(C)C)c5)c4c3)ccn2)cc(-c2cccc3c2nc(-c2ccccc2O)n3-c2cc(C(C)(C)C)cc(C(C)(C)C)c2)c1. The van der Waals surface area contributed by atoms with Gasteiger partial charge in [0.05, 0.1) is 33.3 Å². The van der Waals surface area contributed by atoms with Crippen molar-refractivity contribution in [2.24, 2.45) is 0 Å². The van der Waals surface area contributed by atoms with Crippen LogP contribution in [-0.2, 0) is 27.1 Å². The minimum Gasteiger partial charge on any atom is -0.507 e. The van der Waals surface area contributed by atoms with Gasteiger partial charge in [-0.3, -0.25) is 9.55 Å². The molecule has 10 rings (SSSR count). The highest BCUT2D eigenvalue weighted by Gasteiger charge is 2.27. The zero-order valence-electron chi connectivity index (χ0n) is 45.7. The Morgan fingerprint density at radius 2 is 0.863 bits per heavy atom. The van der Waals surface area contributed by atoms with Gasteiger partial charge in [0, 0.05) is 39.5 Å². The maximum absolute atomic E-state index is 11.5. The van der Waals surface area contributed by atoms with Gasteiger partial charge in [0.15, 0.2) is 0 Å². The molecule has 0 saturated heterocycles. The molecule has 0 aliphatic rings. The summed E-state index contributed by atoms with van der Waals surface area (Å²) < 4.78 is 4.72. The summed E-state index contributed by atoms with van der Waals surface area (Å²) >= 11 is 0. The van der Waals surface area contributed by atoms with Crippen molar-refractivity contribution in [3.05, 3.63) is 186 Å². The first-order valence-corrected chi connectivity index (χ1v) is 26.0. The van der Waals surface area contributed by atoms with Crippen molar-refractivity contribution in [3.63, 3.8) is 0 Å². The van der Waals surface area contributed by atoms with Crippen molar-refractivity contribution in [3.8, 4) is 62.0 Å².